The molecule has 31 heavy (non-hydrogen) atoms. The van der Waals surface area contributed by atoms with Gasteiger partial charge < -0.3 is 10.1 Å². The fourth-order valence-electron chi connectivity index (χ4n) is 3.03. The summed E-state index contributed by atoms with van der Waals surface area (Å²) >= 11 is 5.91. The quantitative estimate of drug-likeness (QED) is 0.457. The van der Waals surface area contributed by atoms with Crippen molar-refractivity contribution < 1.29 is 9.53 Å². The summed E-state index contributed by atoms with van der Waals surface area (Å²) in [4.78, 5) is 12.5. The van der Waals surface area contributed by atoms with E-state index in [0.717, 1.165) is 22.4 Å². The Morgan fingerprint density at radius 1 is 1.00 bits per heavy atom. The topological polar surface area (TPSA) is 74.0 Å². The van der Waals surface area contributed by atoms with E-state index in [4.69, 9.17) is 16.3 Å². The van der Waals surface area contributed by atoms with Gasteiger partial charge in [0.1, 0.15) is 5.75 Å². The number of halogens is 1. The molecule has 0 aliphatic carbocycles. The number of rotatable bonds is 7. The van der Waals surface area contributed by atoms with Crippen molar-refractivity contribution >= 4 is 23.3 Å². The predicted octanol–water partition coefficient (Wildman–Crippen LogP) is 4.69. The minimum absolute atomic E-state index is 0.216. The molecule has 4 rings (SSSR count). The molecule has 0 aliphatic rings. The van der Waals surface area contributed by atoms with Gasteiger partial charge >= 0.3 is 0 Å². The van der Waals surface area contributed by atoms with Crippen molar-refractivity contribution in [3.63, 3.8) is 0 Å². The maximum atomic E-state index is 12.5. The van der Waals surface area contributed by atoms with Crippen LogP contribution in [0.15, 0.2) is 67.0 Å². The van der Waals surface area contributed by atoms with Crippen LogP contribution < -0.4 is 10.1 Å². The highest BCUT2D eigenvalue weighted by atomic mass is 35.5. The van der Waals surface area contributed by atoms with Gasteiger partial charge in [0, 0.05) is 23.5 Å². The summed E-state index contributed by atoms with van der Waals surface area (Å²) in [7, 11) is 0. The summed E-state index contributed by atoms with van der Waals surface area (Å²) < 4.78 is 9.15. The smallest absolute Gasteiger partial charge is 0.277 e. The summed E-state index contributed by atoms with van der Waals surface area (Å²) in [5, 5.41) is 12.1. The summed E-state index contributed by atoms with van der Waals surface area (Å²) in [5.41, 5.74) is 3.52. The number of benzene rings is 2. The zero-order valence-electron chi connectivity index (χ0n) is 17.2. The number of nitrogens with one attached hydrogen (secondary N) is 1. The summed E-state index contributed by atoms with van der Waals surface area (Å²) in [6, 6.07) is 17.0. The Morgan fingerprint density at radius 2 is 1.77 bits per heavy atom. The molecule has 0 fully saturated rings. The van der Waals surface area contributed by atoms with Crippen LogP contribution in [-0.4, -0.2) is 25.5 Å². The van der Waals surface area contributed by atoms with E-state index in [1.807, 2.05) is 56.3 Å². The molecule has 0 bridgehead atoms. The minimum atomic E-state index is -0.331. The molecule has 4 aromatic rings. The third-order valence-corrected chi connectivity index (χ3v) is 4.96. The first-order valence-electron chi connectivity index (χ1n) is 9.79. The first-order chi connectivity index (χ1) is 15.0. The first-order valence-corrected chi connectivity index (χ1v) is 10.2. The second-order valence-electron chi connectivity index (χ2n) is 7.26. The summed E-state index contributed by atoms with van der Waals surface area (Å²) in [6.07, 6.45) is 3.51. The third-order valence-electron chi connectivity index (χ3n) is 4.71. The van der Waals surface area contributed by atoms with Gasteiger partial charge in [0.15, 0.2) is 18.2 Å². The minimum Gasteiger partial charge on any atom is -0.471 e. The molecule has 0 saturated carbocycles. The number of hydrogen-bond acceptors (Lipinski definition) is 4. The molecule has 2 heterocycles. The molecule has 2 aromatic carbocycles. The highest BCUT2D eigenvalue weighted by Crippen LogP contribution is 2.19. The predicted molar refractivity (Wildman–Crippen MR) is 120 cm³/mol. The van der Waals surface area contributed by atoms with Crippen molar-refractivity contribution in [1.82, 2.24) is 19.6 Å². The van der Waals surface area contributed by atoms with Crippen LogP contribution in [0.2, 0.25) is 5.02 Å². The molecule has 0 atom stereocenters. The van der Waals surface area contributed by atoms with E-state index in [-0.39, 0.29) is 18.3 Å². The molecule has 1 amide bonds. The molecule has 0 spiro atoms. The zero-order chi connectivity index (χ0) is 21.8. The molecule has 7 nitrogen and oxygen atoms in total. The van der Waals surface area contributed by atoms with Crippen LogP contribution >= 0.6 is 11.6 Å². The van der Waals surface area contributed by atoms with Crippen LogP contribution in [0, 0.1) is 13.8 Å². The molecule has 0 radical (unpaired) electrons. The van der Waals surface area contributed by atoms with Crippen LogP contribution in [0.25, 0.3) is 0 Å². The number of carbonyl (C=O) groups is 1. The van der Waals surface area contributed by atoms with Crippen LogP contribution in [0.3, 0.4) is 0 Å². The van der Waals surface area contributed by atoms with Gasteiger partial charge in [-0.05, 0) is 54.8 Å². The number of hydrogen-bond donors (Lipinski definition) is 1. The largest absolute Gasteiger partial charge is 0.471 e. The van der Waals surface area contributed by atoms with Gasteiger partial charge in [0.25, 0.3) is 5.91 Å². The van der Waals surface area contributed by atoms with Crippen molar-refractivity contribution in [2.45, 2.75) is 27.1 Å². The Balaban J connectivity index is 1.34. The summed E-state index contributed by atoms with van der Waals surface area (Å²) in [5.74, 6) is 0.926. The van der Waals surface area contributed by atoms with Crippen LogP contribution in [0.5, 0.6) is 5.75 Å². The van der Waals surface area contributed by atoms with E-state index >= 15 is 0 Å². The Hall–Kier alpha value is -3.58. The van der Waals surface area contributed by atoms with E-state index in [1.54, 1.807) is 33.9 Å². The SMILES string of the molecule is Cc1ccc(C)c(OCn2ccc(C(=O)Nc3ccn(Cc4ccc(Cl)cc4)n3)n2)c1. The van der Waals surface area contributed by atoms with Gasteiger partial charge in [-0.3, -0.25) is 9.48 Å². The molecule has 158 valence electrons. The van der Waals surface area contributed by atoms with Crippen molar-refractivity contribution in [2.24, 2.45) is 0 Å². The Kier molecular flexibility index (Phi) is 6.04. The Morgan fingerprint density at radius 3 is 2.58 bits per heavy atom. The lowest BCUT2D eigenvalue weighted by Crippen LogP contribution is -2.15. The van der Waals surface area contributed by atoms with Crippen molar-refractivity contribution in [3.05, 3.63) is 94.4 Å². The molecule has 1 N–H and O–H groups in total. The number of nitrogens with zero attached hydrogens (tertiary/aromatic N) is 4. The van der Waals surface area contributed by atoms with Gasteiger partial charge in [0.05, 0.1) is 6.54 Å². The van der Waals surface area contributed by atoms with E-state index in [2.05, 4.69) is 15.5 Å². The van der Waals surface area contributed by atoms with E-state index < -0.39 is 0 Å². The maximum Gasteiger partial charge on any atom is 0.277 e. The normalized spacial score (nSPS) is 10.8. The monoisotopic (exact) mass is 435 g/mol. The van der Waals surface area contributed by atoms with Crippen molar-refractivity contribution in [2.75, 3.05) is 5.32 Å². The number of aromatic nitrogens is 4. The number of carbonyl (C=O) groups excluding carboxylic acids is 1. The lowest BCUT2D eigenvalue weighted by atomic mass is 10.1. The number of anilines is 1. The number of aryl methyl sites for hydroxylation is 2. The van der Waals surface area contributed by atoms with E-state index in [0.29, 0.717) is 17.4 Å². The molecule has 2 aromatic heterocycles. The molecule has 0 unspecified atom stereocenters. The van der Waals surface area contributed by atoms with Gasteiger partial charge in [-0.15, -0.1) is 0 Å². The number of ether oxygens (including phenoxy) is 1. The third kappa shape index (κ3) is 5.32. The van der Waals surface area contributed by atoms with Gasteiger partial charge in [-0.25, -0.2) is 4.68 Å². The lowest BCUT2D eigenvalue weighted by molar-refractivity contribution is 0.101. The van der Waals surface area contributed by atoms with E-state index in [1.165, 1.54) is 0 Å². The van der Waals surface area contributed by atoms with Crippen molar-refractivity contribution in [1.29, 1.82) is 0 Å². The molecular weight excluding hydrogens is 414 g/mol. The second kappa shape index (κ2) is 9.06. The molecular formula is C23H22ClN5O2. The average Bonchev–Trinajstić information content (AvgIpc) is 3.40. The van der Waals surface area contributed by atoms with Gasteiger partial charge in [0.2, 0.25) is 0 Å². The lowest BCUT2D eigenvalue weighted by Gasteiger charge is -2.09. The van der Waals surface area contributed by atoms with Crippen LogP contribution in [0.4, 0.5) is 5.82 Å². The standard InChI is InChI=1S/C23H22ClN5O2/c1-16-3-4-17(2)21(13-16)31-15-29-11-9-20(26-29)23(30)25-22-10-12-28(27-22)14-18-5-7-19(24)8-6-18/h3-13H,14-15H2,1-2H3,(H,25,27,30). The number of amides is 1. The second-order valence-corrected chi connectivity index (χ2v) is 7.70. The highest BCUT2D eigenvalue weighted by Gasteiger charge is 2.12. The van der Waals surface area contributed by atoms with Crippen molar-refractivity contribution in [3.8, 4) is 5.75 Å². The molecule has 0 saturated heterocycles. The average molecular weight is 436 g/mol. The van der Waals surface area contributed by atoms with Gasteiger partial charge in [-0.2, -0.15) is 10.2 Å². The fraction of sp³-hybridized carbons (Fsp3) is 0.174. The molecule has 8 heteroatoms. The Bertz CT molecular complexity index is 1200. The van der Waals surface area contributed by atoms with Crippen LogP contribution in [0.1, 0.15) is 27.2 Å². The summed E-state index contributed by atoms with van der Waals surface area (Å²) in [6.45, 7) is 4.80. The van der Waals surface area contributed by atoms with Gasteiger partial charge in [-0.1, -0.05) is 35.9 Å². The van der Waals surface area contributed by atoms with Crippen LogP contribution in [-0.2, 0) is 13.3 Å². The highest BCUT2D eigenvalue weighted by molar-refractivity contribution is 6.30. The maximum absolute atomic E-state index is 12.5. The fourth-order valence-corrected chi connectivity index (χ4v) is 3.15. The zero-order valence-corrected chi connectivity index (χ0v) is 18.0. The van der Waals surface area contributed by atoms with E-state index in [9.17, 15) is 4.79 Å². The Labute approximate surface area is 185 Å². The molecule has 0 aliphatic heterocycles. The first kappa shape index (κ1) is 20.7.